The molecule has 0 fully saturated rings. The van der Waals surface area contributed by atoms with Crippen LogP contribution in [0.3, 0.4) is 0 Å². The summed E-state index contributed by atoms with van der Waals surface area (Å²) in [7, 11) is 0. The molecule has 0 spiro atoms. The van der Waals surface area contributed by atoms with Crippen molar-refractivity contribution in [1.29, 1.82) is 0 Å². The number of halogens is 1. The van der Waals surface area contributed by atoms with Crippen molar-refractivity contribution in [3.8, 4) is 0 Å². The predicted molar refractivity (Wildman–Crippen MR) is 98.2 cm³/mol. The highest BCUT2D eigenvalue weighted by molar-refractivity contribution is 6.30. The van der Waals surface area contributed by atoms with E-state index in [1.165, 1.54) is 0 Å². The molecule has 136 valence electrons. The summed E-state index contributed by atoms with van der Waals surface area (Å²) in [5.41, 5.74) is 4.78. The van der Waals surface area contributed by atoms with Crippen LogP contribution < -0.4 is 0 Å². The minimum Gasteiger partial charge on any atom is -0.461 e. The molecule has 0 aliphatic rings. The van der Waals surface area contributed by atoms with Crippen molar-refractivity contribution in [3.63, 3.8) is 0 Å². The molecule has 7 heteroatoms. The summed E-state index contributed by atoms with van der Waals surface area (Å²) in [4.78, 5) is 24.4. The average Bonchev–Trinajstić information content (AvgIpc) is 3.03. The van der Waals surface area contributed by atoms with Gasteiger partial charge in [0.25, 0.3) is 0 Å². The fourth-order valence-corrected chi connectivity index (χ4v) is 2.59. The zero-order valence-corrected chi connectivity index (χ0v) is 15.4. The van der Waals surface area contributed by atoms with Crippen LogP contribution >= 0.6 is 11.6 Å². The van der Waals surface area contributed by atoms with Crippen LogP contribution in [0.15, 0.2) is 36.6 Å². The van der Waals surface area contributed by atoms with Gasteiger partial charge in [0, 0.05) is 22.6 Å². The maximum absolute atomic E-state index is 12.2. The first-order valence-corrected chi connectivity index (χ1v) is 8.45. The molecule has 0 bridgehead atoms. The largest absolute Gasteiger partial charge is 0.461 e. The van der Waals surface area contributed by atoms with Crippen molar-refractivity contribution in [2.24, 2.45) is 0 Å². The molecule has 0 saturated carbocycles. The van der Waals surface area contributed by atoms with E-state index in [1.807, 2.05) is 6.07 Å². The van der Waals surface area contributed by atoms with Gasteiger partial charge < -0.3 is 9.47 Å². The Kier molecular flexibility index (Phi) is 6.78. The number of carbonyl (C=O) groups is 2. The second-order valence-corrected chi connectivity index (χ2v) is 5.65. The van der Waals surface area contributed by atoms with Gasteiger partial charge >= 0.3 is 11.9 Å². The number of nitrogens with one attached hydrogen (secondary N) is 1. The lowest BCUT2D eigenvalue weighted by Crippen LogP contribution is -2.12. The Morgan fingerprint density at radius 3 is 2.54 bits per heavy atom. The third-order valence-electron chi connectivity index (χ3n) is 3.56. The number of rotatable bonds is 7. The zero-order chi connectivity index (χ0) is 19.1. The fraction of sp³-hybridized carbons (Fsp3) is 0.263. The lowest BCUT2D eigenvalue weighted by molar-refractivity contribution is 0.0513. The minimum absolute atomic E-state index is 0.0321. The van der Waals surface area contributed by atoms with Crippen LogP contribution in [-0.2, 0) is 15.9 Å². The van der Waals surface area contributed by atoms with E-state index in [-0.39, 0.29) is 31.0 Å². The Bertz CT molecular complexity index is 831. The van der Waals surface area contributed by atoms with Gasteiger partial charge in [0.1, 0.15) is 5.69 Å². The summed E-state index contributed by atoms with van der Waals surface area (Å²) in [6.07, 6.45) is 0.183. The first kappa shape index (κ1) is 19.5. The Hall–Kier alpha value is -2.82. The van der Waals surface area contributed by atoms with Gasteiger partial charge in [-0.15, -0.1) is 5.73 Å². The standard InChI is InChI=1S/C19H19ClN2O4/c1-4-12(13-8-7-9-14(20)10-13)11-15-16(18(23)25-5-2)21-22-17(15)19(24)26-6-3/h7-10H,1,5-6,11H2,2-3H3,(H,21,22). The lowest BCUT2D eigenvalue weighted by atomic mass is 9.97. The van der Waals surface area contributed by atoms with Crippen LogP contribution in [-0.4, -0.2) is 35.3 Å². The molecule has 0 unspecified atom stereocenters. The van der Waals surface area contributed by atoms with Crippen LogP contribution in [0.25, 0.3) is 5.57 Å². The van der Waals surface area contributed by atoms with Gasteiger partial charge in [0.15, 0.2) is 5.69 Å². The summed E-state index contributed by atoms with van der Waals surface area (Å²) in [5, 5.41) is 7.08. The summed E-state index contributed by atoms with van der Waals surface area (Å²) in [5.74, 6) is -1.22. The molecule has 0 amide bonds. The van der Waals surface area contributed by atoms with E-state index in [2.05, 4.69) is 22.5 Å². The molecule has 1 N–H and O–H groups in total. The van der Waals surface area contributed by atoms with Gasteiger partial charge in [-0.2, -0.15) is 5.10 Å². The van der Waals surface area contributed by atoms with E-state index in [0.29, 0.717) is 16.2 Å². The van der Waals surface area contributed by atoms with E-state index >= 15 is 0 Å². The Labute approximate surface area is 156 Å². The van der Waals surface area contributed by atoms with Crippen LogP contribution in [0.1, 0.15) is 46.0 Å². The van der Waals surface area contributed by atoms with Crippen LogP contribution in [0, 0.1) is 0 Å². The highest BCUT2D eigenvalue weighted by Gasteiger charge is 2.26. The fourth-order valence-electron chi connectivity index (χ4n) is 2.40. The highest BCUT2D eigenvalue weighted by atomic mass is 35.5. The second kappa shape index (κ2) is 9.04. The number of carbonyl (C=O) groups excluding carboxylic acids is 2. The molecule has 0 aliphatic carbocycles. The third-order valence-corrected chi connectivity index (χ3v) is 3.79. The number of hydrogen-bond donors (Lipinski definition) is 1. The molecule has 1 aromatic heterocycles. The minimum atomic E-state index is -0.621. The molecule has 0 aliphatic heterocycles. The topological polar surface area (TPSA) is 81.3 Å². The molecule has 0 radical (unpaired) electrons. The van der Waals surface area contributed by atoms with Gasteiger partial charge in [0.05, 0.1) is 13.2 Å². The maximum atomic E-state index is 12.2. The number of ether oxygens (including phenoxy) is 2. The molecular weight excluding hydrogens is 356 g/mol. The molecule has 26 heavy (non-hydrogen) atoms. The highest BCUT2D eigenvalue weighted by Crippen LogP contribution is 2.25. The van der Waals surface area contributed by atoms with Gasteiger partial charge in [-0.3, -0.25) is 5.10 Å². The zero-order valence-electron chi connectivity index (χ0n) is 14.6. The third kappa shape index (κ3) is 4.42. The Morgan fingerprint density at radius 1 is 1.23 bits per heavy atom. The molecule has 2 aromatic rings. The summed E-state index contributed by atoms with van der Waals surface area (Å²) in [6.45, 7) is 7.48. The number of hydrogen-bond acceptors (Lipinski definition) is 5. The average molecular weight is 375 g/mol. The molecule has 0 saturated heterocycles. The molecular formula is C19H19ClN2O4. The number of allylic oxidation sites excluding steroid dienone is 1. The normalized spacial score (nSPS) is 10.1. The Balaban J connectivity index is 2.47. The molecule has 0 atom stereocenters. The molecule has 2 rings (SSSR count). The Morgan fingerprint density at radius 2 is 1.92 bits per heavy atom. The van der Waals surface area contributed by atoms with Crippen LogP contribution in [0.5, 0.6) is 0 Å². The quantitative estimate of drug-likeness (QED) is 0.588. The number of H-pyrrole nitrogens is 1. The van der Waals surface area contributed by atoms with Gasteiger partial charge in [0.2, 0.25) is 0 Å². The van der Waals surface area contributed by atoms with Crippen molar-refractivity contribution < 1.29 is 19.1 Å². The second-order valence-electron chi connectivity index (χ2n) is 5.21. The number of aromatic amines is 1. The first-order chi connectivity index (χ1) is 12.5. The monoisotopic (exact) mass is 374 g/mol. The summed E-state index contributed by atoms with van der Waals surface area (Å²) >= 11 is 6.05. The molecule has 6 nitrogen and oxygen atoms in total. The lowest BCUT2D eigenvalue weighted by Gasteiger charge is -2.09. The van der Waals surface area contributed by atoms with Crippen molar-refractivity contribution in [1.82, 2.24) is 10.2 Å². The smallest absolute Gasteiger partial charge is 0.359 e. The van der Waals surface area contributed by atoms with E-state index in [9.17, 15) is 9.59 Å². The number of benzene rings is 1. The predicted octanol–water partition coefficient (Wildman–Crippen LogP) is 3.83. The van der Waals surface area contributed by atoms with Crippen molar-refractivity contribution >= 4 is 29.1 Å². The first-order valence-electron chi connectivity index (χ1n) is 8.08. The van der Waals surface area contributed by atoms with Gasteiger partial charge in [-0.1, -0.05) is 30.3 Å². The van der Waals surface area contributed by atoms with Crippen LogP contribution in [0.2, 0.25) is 5.02 Å². The van der Waals surface area contributed by atoms with E-state index in [4.69, 9.17) is 21.1 Å². The SMILES string of the molecule is C=C=C(Cc1c(C(=O)OCC)n[nH]c1C(=O)OCC)c1cccc(Cl)c1. The maximum Gasteiger partial charge on any atom is 0.359 e. The van der Waals surface area contributed by atoms with Crippen molar-refractivity contribution in [2.75, 3.05) is 13.2 Å². The van der Waals surface area contributed by atoms with Crippen LogP contribution in [0.4, 0.5) is 0 Å². The molecule has 1 aromatic carbocycles. The van der Waals surface area contributed by atoms with E-state index < -0.39 is 11.9 Å². The number of aromatic nitrogens is 2. The van der Waals surface area contributed by atoms with E-state index in [0.717, 1.165) is 5.56 Å². The van der Waals surface area contributed by atoms with Gasteiger partial charge in [-0.05, 0) is 31.5 Å². The van der Waals surface area contributed by atoms with Crippen molar-refractivity contribution in [3.05, 3.63) is 64.1 Å². The molecule has 1 heterocycles. The summed E-state index contributed by atoms with van der Waals surface area (Å²) in [6, 6.07) is 7.14. The van der Waals surface area contributed by atoms with E-state index in [1.54, 1.807) is 32.0 Å². The number of esters is 2. The summed E-state index contributed by atoms with van der Waals surface area (Å²) < 4.78 is 10.1. The van der Waals surface area contributed by atoms with Crippen molar-refractivity contribution in [2.45, 2.75) is 20.3 Å². The van der Waals surface area contributed by atoms with Gasteiger partial charge in [-0.25, -0.2) is 9.59 Å². The number of nitrogens with zero attached hydrogens (tertiary/aromatic N) is 1.